The molecule has 0 heterocycles. The highest BCUT2D eigenvalue weighted by atomic mass is 35.5. The monoisotopic (exact) mass is 357 g/mol. The molecule has 0 spiro atoms. The Balaban J connectivity index is 3.21. The molecule has 1 aromatic rings. The van der Waals surface area contributed by atoms with Crippen molar-refractivity contribution in [3.8, 4) is 0 Å². The molecule has 1 rings (SSSR count). The Morgan fingerprint density at radius 1 is 1.38 bits per heavy atom. The van der Waals surface area contributed by atoms with Crippen LogP contribution in [0.5, 0.6) is 0 Å². The number of halogens is 3. The third kappa shape index (κ3) is 4.31. The molecule has 8 heteroatoms. The van der Waals surface area contributed by atoms with Gasteiger partial charge in [-0.25, -0.2) is 17.2 Å². The van der Waals surface area contributed by atoms with E-state index in [4.69, 9.17) is 11.6 Å². The molecule has 0 fully saturated rings. The Labute approximate surface area is 133 Å². The van der Waals surface area contributed by atoms with Gasteiger partial charge in [0.25, 0.3) is 0 Å². The molecule has 1 atom stereocenters. The highest BCUT2D eigenvalue weighted by Gasteiger charge is 2.29. The molecule has 0 aromatic heterocycles. The summed E-state index contributed by atoms with van der Waals surface area (Å²) >= 11 is 7.18. The number of hydrogen-bond acceptors (Lipinski definition) is 3. The van der Waals surface area contributed by atoms with E-state index in [0.29, 0.717) is 6.42 Å². The Kier molecular flexibility index (Phi) is 6.90. The van der Waals surface area contributed by atoms with Crippen molar-refractivity contribution in [2.45, 2.75) is 30.2 Å². The van der Waals surface area contributed by atoms with Gasteiger partial charge >= 0.3 is 0 Å². The average molecular weight is 358 g/mol. The van der Waals surface area contributed by atoms with Crippen LogP contribution in [0.1, 0.15) is 18.9 Å². The van der Waals surface area contributed by atoms with E-state index < -0.39 is 26.6 Å². The maximum atomic E-state index is 13.9. The second kappa shape index (κ2) is 7.76. The van der Waals surface area contributed by atoms with E-state index in [1.807, 2.05) is 6.26 Å². The molecule has 0 bridgehead atoms. The fourth-order valence-corrected chi connectivity index (χ4v) is 3.99. The standard InChI is InChI=1S/C13H18ClF2NO2S2/c1-9(4-5-20-3)17(2)21(18,19)12-7-10(8-14)6-11(15)13(12)16/h6-7,9H,4-5,8H2,1-3H3. The second-order valence-corrected chi connectivity index (χ2v) is 7.89. The SMILES string of the molecule is CSCCC(C)N(C)S(=O)(=O)c1cc(CCl)cc(F)c1F. The van der Waals surface area contributed by atoms with Crippen LogP contribution < -0.4 is 0 Å². The first-order valence-corrected chi connectivity index (χ1v) is 9.63. The highest BCUT2D eigenvalue weighted by molar-refractivity contribution is 7.98. The zero-order valence-electron chi connectivity index (χ0n) is 12.1. The zero-order chi connectivity index (χ0) is 16.2. The third-order valence-electron chi connectivity index (χ3n) is 3.23. The van der Waals surface area contributed by atoms with Crippen molar-refractivity contribution in [3.63, 3.8) is 0 Å². The molecule has 3 nitrogen and oxygen atoms in total. The first-order chi connectivity index (χ1) is 9.75. The topological polar surface area (TPSA) is 37.4 Å². The molecule has 1 aromatic carbocycles. The van der Waals surface area contributed by atoms with Gasteiger partial charge in [0.05, 0.1) is 0 Å². The lowest BCUT2D eigenvalue weighted by Crippen LogP contribution is -2.36. The summed E-state index contributed by atoms with van der Waals surface area (Å²) in [5.41, 5.74) is 0.222. The van der Waals surface area contributed by atoms with E-state index >= 15 is 0 Å². The van der Waals surface area contributed by atoms with Gasteiger partial charge in [-0.1, -0.05) is 0 Å². The molecule has 0 amide bonds. The van der Waals surface area contributed by atoms with Crippen molar-refractivity contribution >= 4 is 33.4 Å². The molecule has 21 heavy (non-hydrogen) atoms. The number of sulfonamides is 1. The average Bonchev–Trinajstić information content (AvgIpc) is 2.46. The van der Waals surface area contributed by atoms with Crippen LogP contribution >= 0.6 is 23.4 Å². The molecule has 120 valence electrons. The Hall–Kier alpha value is -0.370. The Morgan fingerprint density at radius 3 is 2.52 bits per heavy atom. The maximum absolute atomic E-state index is 13.9. The van der Waals surface area contributed by atoms with E-state index in [1.54, 1.807) is 18.7 Å². The van der Waals surface area contributed by atoms with Crippen molar-refractivity contribution in [1.29, 1.82) is 0 Å². The lowest BCUT2D eigenvalue weighted by Gasteiger charge is -2.24. The smallest absolute Gasteiger partial charge is 0.207 e. The summed E-state index contributed by atoms with van der Waals surface area (Å²) < 4.78 is 53.3. The van der Waals surface area contributed by atoms with Crippen molar-refractivity contribution < 1.29 is 17.2 Å². The van der Waals surface area contributed by atoms with Crippen molar-refractivity contribution in [2.24, 2.45) is 0 Å². The van der Waals surface area contributed by atoms with Gasteiger partial charge in [-0.2, -0.15) is 16.1 Å². The van der Waals surface area contributed by atoms with Crippen LogP contribution in [0.3, 0.4) is 0 Å². The number of thioether (sulfide) groups is 1. The summed E-state index contributed by atoms with van der Waals surface area (Å²) in [7, 11) is -2.74. The van der Waals surface area contributed by atoms with Gasteiger partial charge in [0.1, 0.15) is 4.90 Å². The van der Waals surface area contributed by atoms with Crippen LogP contribution in [0.15, 0.2) is 17.0 Å². The minimum atomic E-state index is -4.10. The van der Waals surface area contributed by atoms with Gasteiger partial charge in [0.2, 0.25) is 10.0 Å². The summed E-state index contributed by atoms with van der Waals surface area (Å²) in [6.07, 6.45) is 2.54. The third-order valence-corrected chi connectivity index (χ3v) is 6.15. The van der Waals surface area contributed by atoms with Crippen LogP contribution in [0.4, 0.5) is 8.78 Å². The predicted molar refractivity (Wildman–Crippen MR) is 83.3 cm³/mol. The molecule has 0 radical (unpaired) electrons. The van der Waals surface area contributed by atoms with Crippen LogP contribution in [0.25, 0.3) is 0 Å². The lowest BCUT2D eigenvalue weighted by atomic mass is 10.2. The molecule has 1 unspecified atom stereocenters. The first kappa shape index (κ1) is 18.7. The Morgan fingerprint density at radius 2 is 2.00 bits per heavy atom. The fraction of sp³-hybridized carbons (Fsp3) is 0.538. The second-order valence-electron chi connectivity index (χ2n) is 4.68. The minimum Gasteiger partial charge on any atom is -0.207 e. The van der Waals surface area contributed by atoms with Crippen LogP contribution in [-0.2, 0) is 15.9 Å². The molecule has 0 N–H and O–H groups in total. The van der Waals surface area contributed by atoms with Gasteiger partial charge in [-0.15, -0.1) is 11.6 Å². The Bertz CT molecular complexity index is 596. The number of hydrogen-bond donors (Lipinski definition) is 0. The van der Waals surface area contributed by atoms with Crippen LogP contribution in [0.2, 0.25) is 0 Å². The summed E-state index contributed by atoms with van der Waals surface area (Å²) in [6.45, 7) is 1.73. The number of rotatable bonds is 7. The summed E-state index contributed by atoms with van der Waals surface area (Å²) in [5, 5.41) is 0. The molecular formula is C13H18ClF2NO2S2. The lowest BCUT2D eigenvalue weighted by molar-refractivity contribution is 0.378. The zero-order valence-corrected chi connectivity index (χ0v) is 14.5. The predicted octanol–water partition coefficient (Wildman–Crippen LogP) is 3.47. The van der Waals surface area contributed by atoms with E-state index in [9.17, 15) is 17.2 Å². The van der Waals surface area contributed by atoms with E-state index in [-0.39, 0.29) is 17.5 Å². The quantitative estimate of drug-likeness (QED) is 0.701. The maximum Gasteiger partial charge on any atom is 0.246 e. The van der Waals surface area contributed by atoms with Gasteiger partial charge in [0.15, 0.2) is 11.6 Å². The summed E-state index contributed by atoms with van der Waals surface area (Å²) in [4.78, 5) is -0.670. The van der Waals surface area contributed by atoms with Gasteiger partial charge in [0, 0.05) is 19.0 Å². The highest BCUT2D eigenvalue weighted by Crippen LogP contribution is 2.25. The fourth-order valence-electron chi connectivity index (χ4n) is 1.74. The number of nitrogens with zero attached hydrogens (tertiary/aromatic N) is 1. The molecule has 0 saturated heterocycles. The van der Waals surface area contributed by atoms with E-state index in [0.717, 1.165) is 22.2 Å². The first-order valence-electron chi connectivity index (χ1n) is 6.26. The van der Waals surface area contributed by atoms with Crippen molar-refractivity contribution in [1.82, 2.24) is 4.31 Å². The largest absolute Gasteiger partial charge is 0.246 e. The summed E-state index contributed by atoms with van der Waals surface area (Å²) in [6, 6.07) is 1.67. The minimum absolute atomic E-state index is 0.0918. The normalized spacial score (nSPS) is 13.7. The van der Waals surface area contributed by atoms with E-state index in [2.05, 4.69) is 0 Å². The van der Waals surface area contributed by atoms with E-state index in [1.165, 1.54) is 7.05 Å². The number of benzene rings is 1. The van der Waals surface area contributed by atoms with Gasteiger partial charge < -0.3 is 0 Å². The summed E-state index contributed by atoms with van der Waals surface area (Å²) in [5.74, 6) is -1.89. The van der Waals surface area contributed by atoms with Crippen molar-refractivity contribution in [3.05, 3.63) is 29.3 Å². The number of alkyl halides is 1. The van der Waals surface area contributed by atoms with Gasteiger partial charge in [-0.3, -0.25) is 0 Å². The molecule has 0 aliphatic rings. The van der Waals surface area contributed by atoms with Crippen LogP contribution in [-0.4, -0.2) is 37.8 Å². The van der Waals surface area contributed by atoms with Crippen molar-refractivity contribution in [2.75, 3.05) is 19.1 Å². The molecule has 0 saturated carbocycles. The molecular weight excluding hydrogens is 340 g/mol. The molecule has 0 aliphatic carbocycles. The molecule has 0 aliphatic heterocycles. The van der Waals surface area contributed by atoms with Crippen LogP contribution in [0, 0.1) is 11.6 Å². The van der Waals surface area contributed by atoms with Gasteiger partial charge in [-0.05, 0) is 43.0 Å².